The lowest BCUT2D eigenvalue weighted by atomic mass is 10.3. The number of rotatable bonds is 5. The van der Waals surface area contributed by atoms with Gasteiger partial charge in [0.05, 0.1) is 14.7 Å². The molecular formula is C10H14BrNO3S. The number of amides is 1. The van der Waals surface area contributed by atoms with Crippen LogP contribution < -0.4 is 5.32 Å². The van der Waals surface area contributed by atoms with Crippen molar-refractivity contribution < 1.29 is 14.3 Å². The lowest BCUT2D eigenvalue weighted by Gasteiger charge is -2.21. The van der Waals surface area contributed by atoms with Crippen LogP contribution >= 0.6 is 27.3 Å². The van der Waals surface area contributed by atoms with Gasteiger partial charge in [-0.3, -0.25) is 4.79 Å². The van der Waals surface area contributed by atoms with Crippen LogP contribution in [0.15, 0.2) is 15.9 Å². The fraction of sp³-hybridized carbons (Fsp3) is 0.500. The Hall–Kier alpha value is -0.430. The van der Waals surface area contributed by atoms with Crippen LogP contribution in [0.3, 0.4) is 0 Å². The van der Waals surface area contributed by atoms with Gasteiger partial charge in [0.2, 0.25) is 0 Å². The molecule has 0 bridgehead atoms. The van der Waals surface area contributed by atoms with Crippen molar-refractivity contribution in [1.82, 2.24) is 5.32 Å². The van der Waals surface area contributed by atoms with E-state index < -0.39 is 6.29 Å². The molecule has 0 aliphatic heterocycles. The molecule has 0 aliphatic carbocycles. The van der Waals surface area contributed by atoms with E-state index in [1.165, 1.54) is 11.3 Å². The Labute approximate surface area is 107 Å². The van der Waals surface area contributed by atoms with E-state index in [0.717, 1.165) is 3.79 Å². The van der Waals surface area contributed by atoms with Crippen LogP contribution in [0.25, 0.3) is 0 Å². The van der Waals surface area contributed by atoms with E-state index in [1.54, 1.807) is 20.3 Å². The number of halogens is 1. The Morgan fingerprint density at radius 1 is 1.44 bits per heavy atom. The molecule has 1 aromatic rings. The van der Waals surface area contributed by atoms with Crippen molar-refractivity contribution in [3.8, 4) is 0 Å². The van der Waals surface area contributed by atoms with E-state index in [0.29, 0.717) is 4.88 Å². The maximum absolute atomic E-state index is 11.8. The molecule has 0 saturated heterocycles. The first-order valence-corrected chi connectivity index (χ1v) is 6.31. The fourth-order valence-corrected chi connectivity index (χ4v) is 2.58. The van der Waals surface area contributed by atoms with Gasteiger partial charge in [-0.25, -0.2) is 0 Å². The molecule has 0 aromatic carbocycles. The molecule has 0 saturated carbocycles. The summed E-state index contributed by atoms with van der Waals surface area (Å²) in [5.74, 6) is -0.123. The van der Waals surface area contributed by atoms with Gasteiger partial charge < -0.3 is 14.8 Å². The quantitative estimate of drug-likeness (QED) is 0.849. The smallest absolute Gasteiger partial charge is 0.261 e. The van der Waals surface area contributed by atoms with E-state index in [1.807, 2.05) is 13.0 Å². The van der Waals surface area contributed by atoms with Crippen LogP contribution in [-0.2, 0) is 9.47 Å². The first-order valence-electron chi connectivity index (χ1n) is 4.70. The number of carbonyl (C=O) groups is 1. The Bertz CT molecular complexity index is 352. The zero-order valence-electron chi connectivity index (χ0n) is 9.32. The zero-order valence-corrected chi connectivity index (χ0v) is 11.7. The second-order valence-corrected chi connectivity index (χ2v) is 5.67. The van der Waals surface area contributed by atoms with Crippen molar-refractivity contribution in [2.75, 3.05) is 14.2 Å². The standard InChI is InChI=1S/C10H14BrNO3S/c1-6(10(14-2)15-3)12-9(13)7-4-5-8(11)16-7/h4-6,10H,1-3H3,(H,12,13). The van der Waals surface area contributed by atoms with Gasteiger partial charge in [-0.2, -0.15) is 0 Å². The highest BCUT2D eigenvalue weighted by Crippen LogP contribution is 2.22. The van der Waals surface area contributed by atoms with Gasteiger partial charge in [0, 0.05) is 14.2 Å². The number of thiophene rings is 1. The number of methoxy groups -OCH3 is 2. The molecular weight excluding hydrogens is 294 g/mol. The van der Waals surface area contributed by atoms with Gasteiger partial charge in [-0.05, 0) is 35.0 Å². The molecule has 1 atom stereocenters. The van der Waals surface area contributed by atoms with E-state index >= 15 is 0 Å². The summed E-state index contributed by atoms with van der Waals surface area (Å²) in [6, 6.07) is 3.41. The Balaban J connectivity index is 2.57. The minimum Gasteiger partial charge on any atom is -0.354 e. The summed E-state index contributed by atoms with van der Waals surface area (Å²) >= 11 is 4.70. The molecule has 0 radical (unpaired) electrons. The average Bonchev–Trinajstić information content (AvgIpc) is 2.66. The summed E-state index contributed by atoms with van der Waals surface area (Å²) in [4.78, 5) is 12.4. The van der Waals surface area contributed by atoms with Gasteiger partial charge in [-0.1, -0.05) is 0 Å². The Kier molecular flexibility index (Phi) is 5.40. The van der Waals surface area contributed by atoms with Crippen molar-refractivity contribution in [2.24, 2.45) is 0 Å². The first-order chi connectivity index (χ1) is 7.58. The van der Waals surface area contributed by atoms with E-state index in [4.69, 9.17) is 9.47 Å². The van der Waals surface area contributed by atoms with Crippen molar-refractivity contribution in [3.05, 3.63) is 20.8 Å². The largest absolute Gasteiger partial charge is 0.354 e. The average molecular weight is 308 g/mol. The van der Waals surface area contributed by atoms with Crippen LogP contribution in [0.5, 0.6) is 0 Å². The normalized spacial score (nSPS) is 12.8. The van der Waals surface area contributed by atoms with Crippen molar-refractivity contribution >= 4 is 33.2 Å². The van der Waals surface area contributed by atoms with Crippen LogP contribution in [-0.4, -0.2) is 32.5 Å². The number of nitrogens with one attached hydrogen (secondary N) is 1. The van der Waals surface area contributed by atoms with Gasteiger partial charge in [-0.15, -0.1) is 11.3 Å². The molecule has 0 fully saturated rings. The van der Waals surface area contributed by atoms with E-state index in [2.05, 4.69) is 21.2 Å². The third kappa shape index (κ3) is 3.55. The highest BCUT2D eigenvalue weighted by Gasteiger charge is 2.19. The minimum absolute atomic E-state index is 0.123. The molecule has 1 rings (SSSR count). The summed E-state index contributed by atoms with van der Waals surface area (Å²) in [6.07, 6.45) is -0.438. The SMILES string of the molecule is COC(OC)C(C)NC(=O)c1ccc(Br)s1. The maximum Gasteiger partial charge on any atom is 0.261 e. The molecule has 0 spiro atoms. The Morgan fingerprint density at radius 3 is 2.50 bits per heavy atom. The third-order valence-electron chi connectivity index (χ3n) is 2.03. The highest BCUT2D eigenvalue weighted by molar-refractivity contribution is 9.11. The van der Waals surface area contributed by atoms with E-state index in [-0.39, 0.29) is 11.9 Å². The molecule has 1 amide bonds. The topological polar surface area (TPSA) is 47.6 Å². The molecule has 0 aliphatic rings. The zero-order chi connectivity index (χ0) is 12.1. The van der Waals surface area contributed by atoms with Crippen LogP contribution in [0.1, 0.15) is 16.6 Å². The Morgan fingerprint density at radius 2 is 2.06 bits per heavy atom. The van der Waals surface area contributed by atoms with Crippen molar-refractivity contribution in [2.45, 2.75) is 19.3 Å². The van der Waals surface area contributed by atoms with Gasteiger partial charge in [0.1, 0.15) is 0 Å². The third-order valence-corrected chi connectivity index (χ3v) is 3.65. The second-order valence-electron chi connectivity index (χ2n) is 3.21. The molecule has 16 heavy (non-hydrogen) atoms. The van der Waals surface area contributed by atoms with Gasteiger partial charge in [0.15, 0.2) is 6.29 Å². The van der Waals surface area contributed by atoms with Crippen LogP contribution in [0, 0.1) is 0 Å². The monoisotopic (exact) mass is 307 g/mol. The molecule has 6 heteroatoms. The first kappa shape index (κ1) is 13.6. The molecule has 1 heterocycles. The number of hydrogen-bond donors (Lipinski definition) is 1. The van der Waals surface area contributed by atoms with Crippen molar-refractivity contribution in [3.63, 3.8) is 0 Å². The summed E-state index contributed by atoms with van der Waals surface area (Å²) in [5, 5.41) is 2.81. The lowest BCUT2D eigenvalue weighted by Crippen LogP contribution is -2.42. The summed E-state index contributed by atoms with van der Waals surface area (Å²) in [5.41, 5.74) is 0. The second kappa shape index (κ2) is 6.34. The van der Waals surface area contributed by atoms with Crippen molar-refractivity contribution in [1.29, 1.82) is 0 Å². The lowest BCUT2D eigenvalue weighted by molar-refractivity contribution is -0.117. The molecule has 1 N–H and O–H groups in total. The predicted molar refractivity (Wildman–Crippen MR) is 66.8 cm³/mol. The summed E-state index contributed by atoms with van der Waals surface area (Å²) in [6.45, 7) is 1.83. The van der Waals surface area contributed by atoms with Crippen LogP contribution in [0.2, 0.25) is 0 Å². The maximum atomic E-state index is 11.8. The number of hydrogen-bond acceptors (Lipinski definition) is 4. The van der Waals surface area contributed by atoms with E-state index in [9.17, 15) is 4.79 Å². The van der Waals surface area contributed by atoms with Gasteiger partial charge in [0.25, 0.3) is 5.91 Å². The predicted octanol–water partition coefficient (Wildman–Crippen LogP) is 2.25. The molecule has 1 aromatic heterocycles. The summed E-state index contributed by atoms with van der Waals surface area (Å²) in [7, 11) is 3.08. The van der Waals surface area contributed by atoms with Crippen LogP contribution in [0.4, 0.5) is 0 Å². The number of carbonyl (C=O) groups excluding carboxylic acids is 1. The minimum atomic E-state index is -0.438. The number of ether oxygens (including phenoxy) is 2. The molecule has 1 unspecified atom stereocenters. The van der Waals surface area contributed by atoms with Gasteiger partial charge >= 0.3 is 0 Å². The molecule has 90 valence electrons. The molecule has 4 nitrogen and oxygen atoms in total. The fourth-order valence-electron chi connectivity index (χ4n) is 1.29. The summed E-state index contributed by atoms with van der Waals surface area (Å²) < 4.78 is 11.1. The highest BCUT2D eigenvalue weighted by atomic mass is 79.9.